The van der Waals surface area contributed by atoms with Gasteiger partial charge in [-0.05, 0) is 36.4 Å². The predicted molar refractivity (Wildman–Crippen MR) is 110 cm³/mol. The number of morpholine rings is 1. The largest absolute Gasteiger partial charge is 0.497 e. The fourth-order valence-corrected chi connectivity index (χ4v) is 4.65. The predicted octanol–water partition coefficient (Wildman–Crippen LogP) is 2.97. The van der Waals surface area contributed by atoms with Crippen LogP contribution >= 0.6 is 11.3 Å². The molecule has 29 heavy (non-hydrogen) atoms. The molecular formula is C21H22N2O5S. The van der Waals surface area contributed by atoms with Crippen LogP contribution in [0.25, 0.3) is 10.2 Å². The molecule has 8 heteroatoms. The number of carbonyl (C=O) groups excluding carboxylic acids is 1. The van der Waals surface area contributed by atoms with Gasteiger partial charge in [0.05, 0.1) is 25.2 Å². The Hall–Kier alpha value is -2.68. The second-order valence-corrected chi connectivity index (χ2v) is 7.90. The molecule has 0 bridgehead atoms. The topological polar surface area (TPSA) is 81.0 Å². The smallest absolute Gasteiger partial charge is 0.352 e. The molecule has 2 aromatic heterocycles. The number of rotatable bonds is 7. The summed E-state index contributed by atoms with van der Waals surface area (Å²) in [5, 5.41) is 10.4. The van der Waals surface area contributed by atoms with Crippen molar-refractivity contribution in [3.8, 4) is 5.75 Å². The number of ether oxygens (including phenoxy) is 2. The zero-order valence-corrected chi connectivity index (χ0v) is 16.9. The van der Waals surface area contributed by atoms with Crippen LogP contribution in [0.3, 0.4) is 0 Å². The molecule has 0 amide bonds. The van der Waals surface area contributed by atoms with E-state index in [0.29, 0.717) is 35.9 Å². The van der Waals surface area contributed by atoms with Crippen molar-refractivity contribution in [2.24, 2.45) is 0 Å². The fourth-order valence-electron chi connectivity index (χ4n) is 3.51. The molecule has 3 aromatic rings. The average Bonchev–Trinajstić information content (AvgIpc) is 3.31. The van der Waals surface area contributed by atoms with Gasteiger partial charge in [0.2, 0.25) is 5.78 Å². The molecule has 1 aliphatic rings. The number of thiophene rings is 1. The summed E-state index contributed by atoms with van der Waals surface area (Å²) in [6.45, 7) is 4.39. The third kappa shape index (κ3) is 4.05. The summed E-state index contributed by atoms with van der Waals surface area (Å²) in [6.07, 6.45) is 0. The number of nitrogens with zero attached hydrogens (tertiary/aromatic N) is 2. The number of carbonyl (C=O) groups is 2. The number of benzene rings is 1. The van der Waals surface area contributed by atoms with Crippen molar-refractivity contribution in [2.75, 3.05) is 40.0 Å². The summed E-state index contributed by atoms with van der Waals surface area (Å²) < 4.78 is 12.3. The van der Waals surface area contributed by atoms with E-state index in [1.54, 1.807) is 43.5 Å². The molecule has 7 nitrogen and oxygen atoms in total. The second kappa shape index (κ2) is 8.36. The standard InChI is InChI=1S/C21H22N2O5S/c1-27-16-4-2-14(3-5-16)19(24)18-13-15-12-17(21(25)26)23(20(15)29-18)7-6-22-8-10-28-11-9-22/h2-5,12-13H,6-11H2,1H3,(H,25,26). The van der Waals surface area contributed by atoms with Crippen LogP contribution in [0.4, 0.5) is 0 Å². The van der Waals surface area contributed by atoms with Crippen LogP contribution in [0.15, 0.2) is 36.4 Å². The first kappa shape index (κ1) is 19.6. The Kier molecular flexibility index (Phi) is 5.66. The van der Waals surface area contributed by atoms with Gasteiger partial charge in [0.25, 0.3) is 0 Å². The Balaban J connectivity index is 1.61. The molecule has 1 N–H and O–H groups in total. The summed E-state index contributed by atoms with van der Waals surface area (Å²) >= 11 is 1.34. The van der Waals surface area contributed by atoms with Gasteiger partial charge in [-0.15, -0.1) is 11.3 Å². The van der Waals surface area contributed by atoms with Crippen molar-refractivity contribution in [2.45, 2.75) is 6.54 Å². The third-order valence-electron chi connectivity index (χ3n) is 5.11. The van der Waals surface area contributed by atoms with Crippen LogP contribution in [-0.2, 0) is 11.3 Å². The molecule has 1 fully saturated rings. The number of ketones is 1. The first-order chi connectivity index (χ1) is 14.1. The lowest BCUT2D eigenvalue weighted by Gasteiger charge is -2.26. The zero-order valence-electron chi connectivity index (χ0n) is 16.1. The van der Waals surface area contributed by atoms with Crippen molar-refractivity contribution >= 4 is 33.3 Å². The number of aromatic nitrogens is 1. The van der Waals surface area contributed by atoms with Gasteiger partial charge in [-0.2, -0.15) is 0 Å². The molecule has 1 aliphatic heterocycles. The molecule has 0 atom stereocenters. The van der Waals surface area contributed by atoms with Crippen molar-refractivity contribution in [1.82, 2.24) is 9.47 Å². The van der Waals surface area contributed by atoms with Crippen molar-refractivity contribution in [3.05, 3.63) is 52.5 Å². The van der Waals surface area contributed by atoms with Gasteiger partial charge in [0.1, 0.15) is 16.3 Å². The molecule has 0 aliphatic carbocycles. The van der Waals surface area contributed by atoms with Gasteiger partial charge < -0.3 is 19.1 Å². The molecule has 1 aromatic carbocycles. The van der Waals surface area contributed by atoms with Gasteiger partial charge in [-0.1, -0.05) is 0 Å². The summed E-state index contributed by atoms with van der Waals surface area (Å²) in [6, 6.07) is 10.4. The van der Waals surface area contributed by atoms with Crippen LogP contribution in [0, 0.1) is 0 Å². The normalized spacial score (nSPS) is 14.9. The molecule has 3 heterocycles. The molecule has 1 saturated heterocycles. The first-order valence-electron chi connectivity index (χ1n) is 9.42. The summed E-state index contributed by atoms with van der Waals surface area (Å²) in [7, 11) is 1.58. The fraction of sp³-hybridized carbons (Fsp3) is 0.333. The highest BCUT2D eigenvalue weighted by atomic mass is 32.1. The minimum atomic E-state index is -0.960. The number of hydrogen-bond acceptors (Lipinski definition) is 6. The van der Waals surface area contributed by atoms with E-state index >= 15 is 0 Å². The molecule has 4 rings (SSSR count). The van der Waals surface area contributed by atoms with E-state index in [-0.39, 0.29) is 11.5 Å². The Morgan fingerprint density at radius 2 is 1.86 bits per heavy atom. The van der Waals surface area contributed by atoms with E-state index < -0.39 is 5.97 Å². The highest BCUT2D eigenvalue weighted by molar-refractivity contribution is 7.20. The Bertz CT molecular complexity index is 1030. The van der Waals surface area contributed by atoms with Gasteiger partial charge in [0, 0.05) is 37.1 Å². The highest BCUT2D eigenvalue weighted by Crippen LogP contribution is 2.31. The number of carboxylic acids is 1. The first-order valence-corrected chi connectivity index (χ1v) is 10.2. The van der Waals surface area contributed by atoms with Crippen LogP contribution in [0.1, 0.15) is 25.7 Å². The Labute approximate surface area is 172 Å². The molecule has 152 valence electrons. The molecule has 0 saturated carbocycles. The van der Waals surface area contributed by atoms with E-state index in [9.17, 15) is 14.7 Å². The van der Waals surface area contributed by atoms with Gasteiger partial charge >= 0.3 is 5.97 Å². The van der Waals surface area contributed by atoms with Gasteiger partial charge in [-0.25, -0.2) is 4.79 Å². The average molecular weight is 414 g/mol. The summed E-state index contributed by atoms with van der Waals surface area (Å²) in [5.41, 5.74) is 0.830. The quantitative estimate of drug-likeness (QED) is 0.599. The number of carboxylic acid groups (broad SMARTS) is 1. The third-order valence-corrected chi connectivity index (χ3v) is 6.28. The van der Waals surface area contributed by atoms with Crippen molar-refractivity contribution < 1.29 is 24.2 Å². The summed E-state index contributed by atoms with van der Waals surface area (Å²) in [5.74, 6) is -0.345. The molecule has 0 unspecified atom stereocenters. The van der Waals surface area contributed by atoms with Crippen molar-refractivity contribution in [3.63, 3.8) is 0 Å². The minimum absolute atomic E-state index is 0.0783. The lowest BCUT2D eigenvalue weighted by Crippen LogP contribution is -2.38. The lowest BCUT2D eigenvalue weighted by molar-refractivity contribution is 0.0363. The molecule has 0 radical (unpaired) electrons. The number of fused-ring (bicyclic) bond motifs is 1. The van der Waals surface area contributed by atoms with Crippen LogP contribution in [0.2, 0.25) is 0 Å². The van der Waals surface area contributed by atoms with Crippen LogP contribution < -0.4 is 4.74 Å². The molecular weight excluding hydrogens is 392 g/mol. The van der Waals surface area contributed by atoms with Crippen LogP contribution in [-0.4, -0.2) is 66.3 Å². The number of methoxy groups -OCH3 is 1. The number of aromatic carboxylic acids is 1. The maximum atomic E-state index is 12.9. The SMILES string of the molecule is COc1ccc(C(=O)c2cc3cc(C(=O)O)n(CCN4CCOCC4)c3s2)cc1. The molecule has 0 spiro atoms. The Morgan fingerprint density at radius 1 is 1.14 bits per heavy atom. The van der Waals surface area contributed by atoms with Gasteiger partial charge in [0.15, 0.2) is 0 Å². The number of hydrogen-bond donors (Lipinski definition) is 1. The maximum absolute atomic E-state index is 12.9. The highest BCUT2D eigenvalue weighted by Gasteiger charge is 2.21. The van der Waals surface area contributed by atoms with E-state index in [0.717, 1.165) is 29.9 Å². The summed E-state index contributed by atoms with van der Waals surface area (Å²) in [4.78, 5) is 28.3. The maximum Gasteiger partial charge on any atom is 0.352 e. The minimum Gasteiger partial charge on any atom is -0.497 e. The van der Waals surface area contributed by atoms with E-state index in [1.807, 2.05) is 4.57 Å². The van der Waals surface area contributed by atoms with Gasteiger partial charge in [-0.3, -0.25) is 9.69 Å². The van der Waals surface area contributed by atoms with E-state index in [2.05, 4.69) is 4.90 Å². The second-order valence-electron chi connectivity index (χ2n) is 6.87. The van der Waals surface area contributed by atoms with Crippen LogP contribution in [0.5, 0.6) is 5.75 Å². The monoisotopic (exact) mass is 414 g/mol. The van der Waals surface area contributed by atoms with E-state index in [4.69, 9.17) is 9.47 Å². The lowest BCUT2D eigenvalue weighted by atomic mass is 10.1. The zero-order chi connectivity index (χ0) is 20.4. The van der Waals surface area contributed by atoms with E-state index in [1.165, 1.54) is 11.3 Å². The van der Waals surface area contributed by atoms with Crippen molar-refractivity contribution in [1.29, 1.82) is 0 Å². The Morgan fingerprint density at radius 3 is 2.52 bits per heavy atom.